The molecule has 1 heterocycles. The molecular formula is C20H27N3O4S. The predicted octanol–water partition coefficient (Wildman–Crippen LogP) is 3.62. The van der Waals surface area contributed by atoms with Crippen molar-refractivity contribution in [2.24, 2.45) is 23.7 Å². The topological polar surface area (TPSA) is 92.5 Å². The molecule has 7 nitrogen and oxygen atoms in total. The Kier molecular flexibility index (Phi) is 4.39. The maximum Gasteiger partial charge on any atom is 0.293 e. The first-order valence-corrected chi connectivity index (χ1v) is 11.9. The number of rotatable bonds is 5. The number of nitro groups is 1. The molecule has 1 aromatic rings. The summed E-state index contributed by atoms with van der Waals surface area (Å²) in [5.74, 6) is 2.85. The van der Waals surface area contributed by atoms with Crippen molar-refractivity contribution < 1.29 is 13.3 Å². The van der Waals surface area contributed by atoms with E-state index in [1.54, 1.807) is 6.07 Å². The molecule has 0 radical (unpaired) electrons. The predicted molar refractivity (Wildman–Crippen MR) is 106 cm³/mol. The van der Waals surface area contributed by atoms with Crippen LogP contribution in [0, 0.1) is 33.8 Å². The second kappa shape index (κ2) is 6.69. The van der Waals surface area contributed by atoms with Crippen LogP contribution in [0.3, 0.4) is 0 Å². The molecule has 4 aliphatic carbocycles. The summed E-state index contributed by atoms with van der Waals surface area (Å²) in [5.41, 5.74) is 0.330. The Hall–Kier alpha value is -1.67. The Morgan fingerprint density at radius 2 is 1.61 bits per heavy atom. The summed E-state index contributed by atoms with van der Waals surface area (Å²) in [6, 6.07) is 4.64. The Morgan fingerprint density at radius 1 is 1.00 bits per heavy atom. The summed E-state index contributed by atoms with van der Waals surface area (Å²) in [7, 11) is -3.66. The molecule has 152 valence electrons. The Balaban J connectivity index is 1.43. The zero-order valence-electron chi connectivity index (χ0n) is 15.9. The maximum absolute atomic E-state index is 12.8. The number of anilines is 1. The van der Waals surface area contributed by atoms with Gasteiger partial charge in [-0.15, -0.1) is 0 Å². The molecule has 0 amide bonds. The average Bonchev–Trinajstić information content (AvgIpc) is 3.19. The number of sulfonamides is 1. The fraction of sp³-hybridized carbons (Fsp3) is 0.700. The molecule has 0 atom stereocenters. The SMILES string of the molecule is O=[N+]([O-])c1cc(S(=O)(=O)N2CCCC2)ccc1NC1C2CC3CC(C2)CC1C3. The van der Waals surface area contributed by atoms with E-state index < -0.39 is 14.9 Å². The van der Waals surface area contributed by atoms with Crippen LogP contribution in [-0.4, -0.2) is 36.8 Å². The Morgan fingerprint density at radius 3 is 2.18 bits per heavy atom. The van der Waals surface area contributed by atoms with Crippen LogP contribution >= 0.6 is 0 Å². The number of nitro benzene ring substituents is 1. The summed E-state index contributed by atoms with van der Waals surface area (Å²) in [5, 5.41) is 15.2. The minimum absolute atomic E-state index is 0.0248. The fourth-order valence-corrected chi connectivity index (χ4v) is 7.90. The first kappa shape index (κ1) is 18.4. The fourth-order valence-electron chi connectivity index (χ4n) is 6.36. The molecule has 0 unspecified atom stereocenters. The van der Waals surface area contributed by atoms with Crippen molar-refractivity contribution >= 4 is 21.4 Å². The second-order valence-electron chi connectivity index (χ2n) is 9.15. The third-order valence-corrected chi connectivity index (χ3v) is 9.31. The largest absolute Gasteiger partial charge is 0.376 e. The molecule has 1 aromatic carbocycles. The van der Waals surface area contributed by atoms with Crippen molar-refractivity contribution in [2.45, 2.75) is 55.9 Å². The van der Waals surface area contributed by atoms with E-state index >= 15 is 0 Å². The third-order valence-electron chi connectivity index (χ3n) is 7.42. The quantitative estimate of drug-likeness (QED) is 0.597. The van der Waals surface area contributed by atoms with Crippen molar-refractivity contribution in [3.63, 3.8) is 0 Å². The van der Waals surface area contributed by atoms with Crippen molar-refractivity contribution in [3.05, 3.63) is 28.3 Å². The second-order valence-corrected chi connectivity index (χ2v) is 11.1. The van der Waals surface area contributed by atoms with Crippen LogP contribution in [-0.2, 0) is 10.0 Å². The molecule has 5 aliphatic rings. The molecule has 0 spiro atoms. The lowest BCUT2D eigenvalue weighted by molar-refractivity contribution is -0.384. The normalized spacial score (nSPS) is 34.6. The lowest BCUT2D eigenvalue weighted by Crippen LogP contribution is -2.51. The van der Waals surface area contributed by atoms with Gasteiger partial charge in [-0.05, 0) is 80.8 Å². The first-order valence-electron chi connectivity index (χ1n) is 10.5. The van der Waals surface area contributed by atoms with Gasteiger partial charge in [-0.25, -0.2) is 8.42 Å². The van der Waals surface area contributed by atoms with Crippen LogP contribution in [0.5, 0.6) is 0 Å². The number of nitrogens with one attached hydrogen (secondary N) is 1. The minimum Gasteiger partial charge on any atom is -0.376 e. The van der Waals surface area contributed by atoms with Gasteiger partial charge in [0.1, 0.15) is 5.69 Å². The zero-order valence-corrected chi connectivity index (χ0v) is 16.7. The Labute approximate surface area is 165 Å². The van der Waals surface area contributed by atoms with Gasteiger partial charge in [0, 0.05) is 25.2 Å². The lowest BCUT2D eigenvalue weighted by atomic mass is 9.54. The molecule has 8 heteroatoms. The highest BCUT2D eigenvalue weighted by molar-refractivity contribution is 7.89. The summed E-state index contributed by atoms with van der Waals surface area (Å²) < 4.78 is 27.0. The highest BCUT2D eigenvalue weighted by Crippen LogP contribution is 2.54. The van der Waals surface area contributed by atoms with E-state index in [2.05, 4.69) is 5.32 Å². The molecule has 28 heavy (non-hydrogen) atoms. The van der Waals surface area contributed by atoms with Crippen LogP contribution < -0.4 is 5.32 Å². The molecule has 1 N–H and O–H groups in total. The summed E-state index contributed by atoms with van der Waals surface area (Å²) in [4.78, 5) is 11.3. The van der Waals surface area contributed by atoms with E-state index in [1.165, 1.54) is 48.5 Å². The standard InChI is InChI=1S/C20H27N3O4S/c24-23(25)19-12-17(28(26,27)22-5-1-2-6-22)3-4-18(19)21-20-15-8-13-7-14(10-15)11-16(20)9-13/h3-4,12-16,20-21H,1-2,5-11H2. The van der Waals surface area contributed by atoms with Gasteiger partial charge in [-0.1, -0.05) is 0 Å². The van der Waals surface area contributed by atoms with Gasteiger partial charge in [0.25, 0.3) is 5.69 Å². The average molecular weight is 406 g/mol. The van der Waals surface area contributed by atoms with E-state index in [1.807, 2.05) is 0 Å². The minimum atomic E-state index is -3.66. The van der Waals surface area contributed by atoms with Gasteiger partial charge in [-0.2, -0.15) is 4.31 Å². The van der Waals surface area contributed by atoms with Crippen LogP contribution in [0.1, 0.15) is 44.9 Å². The summed E-state index contributed by atoms with van der Waals surface area (Å²) in [6.45, 7) is 0.980. The molecule has 0 aromatic heterocycles. The van der Waals surface area contributed by atoms with Crippen LogP contribution in [0.4, 0.5) is 11.4 Å². The van der Waals surface area contributed by atoms with Crippen LogP contribution in [0.25, 0.3) is 0 Å². The van der Waals surface area contributed by atoms with E-state index in [9.17, 15) is 18.5 Å². The number of hydrogen-bond acceptors (Lipinski definition) is 5. The van der Waals surface area contributed by atoms with Gasteiger partial charge in [0.05, 0.1) is 9.82 Å². The maximum atomic E-state index is 12.8. The number of nitrogens with zero attached hydrogens (tertiary/aromatic N) is 2. The first-order chi connectivity index (χ1) is 13.4. The van der Waals surface area contributed by atoms with Crippen LogP contribution in [0.2, 0.25) is 0 Å². The van der Waals surface area contributed by atoms with Gasteiger partial charge in [-0.3, -0.25) is 10.1 Å². The molecule has 6 rings (SSSR count). The molecule has 4 bridgehead atoms. The monoisotopic (exact) mass is 405 g/mol. The summed E-state index contributed by atoms with van der Waals surface area (Å²) >= 11 is 0. The van der Waals surface area contributed by atoms with Crippen LogP contribution in [0.15, 0.2) is 23.1 Å². The van der Waals surface area contributed by atoms with Crippen molar-refractivity contribution in [1.29, 1.82) is 0 Å². The number of hydrogen-bond donors (Lipinski definition) is 1. The third kappa shape index (κ3) is 3.01. The molecular weight excluding hydrogens is 378 g/mol. The Bertz CT molecular complexity index is 867. The lowest BCUT2D eigenvalue weighted by Gasteiger charge is -2.54. The van der Waals surface area contributed by atoms with Gasteiger partial charge in [0.15, 0.2) is 0 Å². The molecule has 4 saturated carbocycles. The number of benzene rings is 1. The molecule has 1 saturated heterocycles. The smallest absolute Gasteiger partial charge is 0.293 e. The van der Waals surface area contributed by atoms with E-state index in [0.717, 1.165) is 24.7 Å². The van der Waals surface area contributed by atoms with E-state index in [-0.39, 0.29) is 16.6 Å². The van der Waals surface area contributed by atoms with Crippen molar-refractivity contribution in [3.8, 4) is 0 Å². The highest BCUT2D eigenvalue weighted by atomic mass is 32.2. The zero-order chi connectivity index (χ0) is 19.5. The molecule has 5 fully saturated rings. The van der Waals surface area contributed by atoms with Gasteiger partial charge < -0.3 is 5.32 Å². The van der Waals surface area contributed by atoms with E-state index in [0.29, 0.717) is 30.6 Å². The van der Waals surface area contributed by atoms with Crippen molar-refractivity contribution in [2.75, 3.05) is 18.4 Å². The van der Waals surface area contributed by atoms with E-state index in [4.69, 9.17) is 0 Å². The van der Waals surface area contributed by atoms with Gasteiger partial charge >= 0.3 is 0 Å². The van der Waals surface area contributed by atoms with Crippen molar-refractivity contribution in [1.82, 2.24) is 4.31 Å². The summed E-state index contributed by atoms with van der Waals surface area (Å²) in [6.07, 6.45) is 7.93. The van der Waals surface area contributed by atoms with Gasteiger partial charge in [0.2, 0.25) is 10.0 Å². The highest BCUT2D eigenvalue weighted by Gasteiger charge is 2.48. The molecule has 1 aliphatic heterocycles.